The third kappa shape index (κ3) is 5.82. The summed E-state index contributed by atoms with van der Waals surface area (Å²) >= 11 is 0. The zero-order valence-corrected chi connectivity index (χ0v) is 11.6. The predicted molar refractivity (Wildman–Crippen MR) is 70.4 cm³/mol. The van der Waals surface area contributed by atoms with Gasteiger partial charge in [0.25, 0.3) is 0 Å². The second kappa shape index (κ2) is 8.86. The molecule has 2 unspecified atom stereocenters. The molecule has 1 fully saturated rings. The van der Waals surface area contributed by atoms with E-state index in [1.165, 1.54) is 19.3 Å². The zero-order chi connectivity index (χ0) is 12.5. The summed E-state index contributed by atoms with van der Waals surface area (Å²) in [5, 5.41) is 3.46. The minimum absolute atomic E-state index is 0.422. The second-order valence-corrected chi connectivity index (χ2v) is 4.89. The van der Waals surface area contributed by atoms with Crippen molar-refractivity contribution in [3.05, 3.63) is 0 Å². The van der Waals surface area contributed by atoms with Crippen molar-refractivity contribution in [1.29, 1.82) is 0 Å². The fourth-order valence-electron chi connectivity index (χ4n) is 2.24. The highest BCUT2D eigenvalue weighted by atomic mass is 16.5. The molecular weight excluding hydrogens is 216 g/mol. The maximum atomic E-state index is 5.67. The summed E-state index contributed by atoms with van der Waals surface area (Å²) in [5.41, 5.74) is 0. The third-order valence-electron chi connectivity index (χ3n) is 3.30. The molecule has 1 heterocycles. The van der Waals surface area contributed by atoms with Gasteiger partial charge in [-0.2, -0.15) is 0 Å². The van der Waals surface area contributed by atoms with Crippen molar-refractivity contribution in [2.45, 2.75) is 38.3 Å². The minimum atomic E-state index is 0.422. The van der Waals surface area contributed by atoms with Crippen molar-refractivity contribution in [3.8, 4) is 0 Å². The van der Waals surface area contributed by atoms with Gasteiger partial charge in [-0.15, -0.1) is 0 Å². The molecule has 0 amide bonds. The first-order valence-electron chi connectivity index (χ1n) is 6.79. The van der Waals surface area contributed by atoms with Crippen LogP contribution >= 0.6 is 0 Å². The fourth-order valence-corrected chi connectivity index (χ4v) is 2.24. The van der Waals surface area contributed by atoms with E-state index >= 15 is 0 Å². The van der Waals surface area contributed by atoms with Crippen LogP contribution in [0.1, 0.15) is 26.2 Å². The lowest BCUT2D eigenvalue weighted by Crippen LogP contribution is -2.46. The van der Waals surface area contributed by atoms with Crippen molar-refractivity contribution in [2.75, 3.05) is 47.0 Å². The van der Waals surface area contributed by atoms with E-state index < -0.39 is 0 Å². The number of ether oxygens (including phenoxy) is 2. The monoisotopic (exact) mass is 244 g/mol. The van der Waals surface area contributed by atoms with Crippen LogP contribution in [0.5, 0.6) is 0 Å². The van der Waals surface area contributed by atoms with E-state index in [1.807, 2.05) is 0 Å². The first-order chi connectivity index (χ1) is 8.27. The molecule has 1 saturated heterocycles. The van der Waals surface area contributed by atoms with Gasteiger partial charge in [0, 0.05) is 32.8 Å². The Morgan fingerprint density at radius 1 is 1.53 bits per heavy atom. The Morgan fingerprint density at radius 3 is 2.94 bits per heavy atom. The number of nitrogens with zero attached hydrogens (tertiary/aromatic N) is 1. The fraction of sp³-hybridized carbons (Fsp3) is 1.00. The van der Waals surface area contributed by atoms with Gasteiger partial charge < -0.3 is 14.8 Å². The maximum absolute atomic E-state index is 5.67. The molecule has 0 aromatic heterocycles. The molecule has 1 N–H and O–H groups in total. The number of likely N-dealkylation sites (N-methyl/N-ethyl adjacent to an activating group) is 1. The number of hydrogen-bond donors (Lipinski definition) is 1. The number of nitrogens with one attached hydrogen (secondary N) is 1. The van der Waals surface area contributed by atoms with Gasteiger partial charge in [0.05, 0.1) is 12.7 Å². The molecular formula is C13H28N2O2. The Balaban J connectivity index is 2.27. The minimum Gasteiger partial charge on any atom is -0.383 e. The molecule has 2 atom stereocenters. The van der Waals surface area contributed by atoms with Gasteiger partial charge in [-0.3, -0.25) is 4.90 Å². The molecule has 17 heavy (non-hydrogen) atoms. The van der Waals surface area contributed by atoms with Crippen LogP contribution in [0, 0.1) is 0 Å². The van der Waals surface area contributed by atoms with E-state index in [9.17, 15) is 0 Å². The number of methoxy groups -OCH3 is 1. The van der Waals surface area contributed by atoms with Crippen LogP contribution in [0.2, 0.25) is 0 Å². The molecule has 0 saturated carbocycles. The molecule has 1 aliphatic heterocycles. The van der Waals surface area contributed by atoms with Crippen molar-refractivity contribution >= 4 is 0 Å². The van der Waals surface area contributed by atoms with Crippen molar-refractivity contribution in [3.63, 3.8) is 0 Å². The standard InChI is InChI=1S/C13H28N2O2/c1-4-7-14-9-12(11-16-3)15(2)10-13-6-5-8-17-13/h12-14H,4-11H2,1-3H3. The van der Waals surface area contributed by atoms with Gasteiger partial charge in [0.2, 0.25) is 0 Å². The Hall–Kier alpha value is -0.160. The lowest BCUT2D eigenvalue weighted by Gasteiger charge is -2.29. The van der Waals surface area contributed by atoms with E-state index in [0.29, 0.717) is 12.1 Å². The predicted octanol–water partition coefficient (Wildman–Crippen LogP) is 1.11. The second-order valence-electron chi connectivity index (χ2n) is 4.89. The van der Waals surface area contributed by atoms with E-state index in [1.54, 1.807) is 7.11 Å². The lowest BCUT2D eigenvalue weighted by molar-refractivity contribution is 0.0460. The topological polar surface area (TPSA) is 33.7 Å². The number of rotatable bonds is 9. The van der Waals surface area contributed by atoms with Gasteiger partial charge in [0.1, 0.15) is 0 Å². The summed E-state index contributed by atoms with van der Waals surface area (Å²) < 4.78 is 11.0. The number of hydrogen-bond acceptors (Lipinski definition) is 4. The molecule has 0 radical (unpaired) electrons. The van der Waals surface area contributed by atoms with Crippen LogP contribution in [-0.4, -0.2) is 64.1 Å². The van der Waals surface area contributed by atoms with Crippen LogP contribution in [0.3, 0.4) is 0 Å². The molecule has 4 heteroatoms. The molecule has 0 spiro atoms. The van der Waals surface area contributed by atoms with Crippen molar-refractivity contribution < 1.29 is 9.47 Å². The van der Waals surface area contributed by atoms with Crippen molar-refractivity contribution in [1.82, 2.24) is 10.2 Å². The van der Waals surface area contributed by atoms with Crippen LogP contribution in [0.25, 0.3) is 0 Å². The van der Waals surface area contributed by atoms with Crippen LogP contribution in [0.4, 0.5) is 0 Å². The van der Waals surface area contributed by atoms with Crippen LogP contribution < -0.4 is 5.32 Å². The van der Waals surface area contributed by atoms with Gasteiger partial charge in [0.15, 0.2) is 0 Å². The molecule has 4 nitrogen and oxygen atoms in total. The summed E-state index contributed by atoms with van der Waals surface area (Å²) in [5.74, 6) is 0. The molecule has 102 valence electrons. The highest BCUT2D eigenvalue weighted by molar-refractivity contribution is 4.76. The summed E-state index contributed by atoms with van der Waals surface area (Å²) in [6.07, 6.45) is 4.01. The average molecular weight is 244 g/mol. The normalized spacial score (nSPS) is 22.2. The summed E-state index contributed by atoms with van der Waals surface area (Å²) in [6.45, 7) is 6.98. The largest absolute Gasteiger partial charge is 0.383 e. The SMILES string of the molecule is CCCNCC(COC)N(C)CC1CCCO1. The van der Waals surface area contributed by atoms with E-state index in [2.05, 4.69) is 24.2 Å². The average Bonchev–Trinajstić information content (AvgIpc) is 2.81. The van der Waals surface area contributed by atoms with E-state index in [-0.39, 0.29) is 0 Å². The molecule has 1 rings (SSSR count). The zero-order valence-electron chi connectivity index (χ0n) is 11.6. The summed E-state index contributed by atoms with van der Waals surface area (Å²) in [6, 6.07) is 0.441. The van der Waals surface area contributed by atoms with Crippen LogP contribution in [0.15, 0.2) is 0 Å². The lowest BCUT2D eigenvalue weighted by atomic mass is 10.2. The first-order valence-corrected chi connectivity index (χ1v) is 6.79. The Labute approximate surface area is 106 Å². The molecule has 0 bridgehead atoms. The van der Waals surface area contributed by atoms with Gasteiger partial charge in [-0.05, 0) is 32.9 Å². The van der Waals surface area contributed by atoms with Gasteiger partial charge in [-0.1, -0.05) is 6.92 Å². The van der Waals surface area contributed by atoms with E-state index in [0.717, 1.165) is 32.8 Å². The van der Waals surface area contributed by atoms with Crippen LogP contribution in [-0.2, 0) is 9.47 Å². The summed E-state index contributed by atoms with van der Waals surface area (Å²) in [4.78, 5) is 2.36. The highest BCUT2D eigenvalue weighted by Gasteiger charge is 2.21. The smallest absolute Gasteiger partial charge is 0.0702 e. The van der Waals surface area contributed by atoms with E-state index in [4.69, 9.17) is 9.47 Å². The Bertz CT molecular complexity index is 184. The Kier molecular flexibility index (Phi) is 7.77. The third-order valence-corrected chi connectivity index (χ3v) is 3.30. The summed E-state index contributed by atoms with van der Waals surface area (Å²) in [7, 11) is 3.94. The molecule has 1 aliphatic rings. The maximum Gasteiger partial charge on any atom is 0.0702 e. The quantitative estimate of drug-likeness (QED) is 0.616. The highest BCUT2D eigenvalue weighted by Crippen LogP contribution is 2.13. The molecule has 0 aliphatic carbocycles. The van der Waals surface area contributed by atoms with Crippen molar-refractivity contribution in [2.24, 2.45) is 0 Å². The first kappa shape index (κ1) is 14.9. The molecule has 0 aromatic rings. The molecule has 0 aromatic carbocycles. The van der Waals surface area contributed by atoms with Gasteiger partial charge >= 0.3 is 0 Å². The Morgan fingerprint density at radius 2 is 2.35 bits per heavy atom. The van der Waals surface area contributed by atoms with Gasteiger partial charge in [-0.25, -0.2) is 0 Å².